The van der Waals surface area contributed by atoms with Gasteiger partial charge >= 0.3 is 5.76 Å². The molecule has 0 aliphatic rings. The summed E-state index contributed by atoms with van der Waals surface area (Å²) in [6, 6.07) is 1.72. The lowest BCUT2D eigenvalue weighted by atomic mass is 10.3. The minimum absolute atomic E-state index is 0.438. The van der Waals surface area contributed by atoms with Crippen molar-refractivity contribution in [3.05, 3.63) is 28.5 Å². The Kier molecular flexibility index (Phi) is 6.09. The van der Waals surface area contributed by atoms with Crippen LogP contribution < -0.4 is 5.76 Å². The molecule has 15 heavy (non-hydrogen) atoms. The van der Waals surface area contributed by atoms with Gasteiger partial charge in [0.1, 0.15) is 5.52 Å². The number of hydrogen-bond donors (Lipinski definition) is 1. The maximum Gasteiger partial charge on any atom is 0.417 e. The molecule has 0 saturated carbocycles. The number of H-pyrrole nitrogens is 1. The predicted octanol–water partition coefficient (Wildman–Crippen LogP) is 2.88. The number of hydrogen-bond acceptors (Lipinski definition) is 3. The lowest BCUT2D eigenvalue weighted by Gasteiger charge is -1.87. The van der Waals surface area contributed by atoms with E-state index in [1.54, 1.807) is 12.3 Å². The Hall–Kier alpha value is -1.58. The van der Waals surface area contributed by atoms with Crippen LogP contribution in [0.15, 0.2) is 21.5 Å². The van der Waals surface area contributed by atoms with Gasteiger partial charge in [0.2, 0.25) is 0 Å². The highest BCUT2D eigenvalue weighted by Gasteiger charge is 1.99. The molecule has 2 aromatic rings. The summed E-state index contributed by atoms with van der Waals surface area (Å²) < 4.78 is 4.80. The zero-order valence-corrected chi connectivity index (χ0v) is 9.92. The third-order valence-electron chi connectivity index (χ3n) is 1.44. The van der Waals surface area contributed by atoms with Gasteiger partial charge in [-0.3, -0.25) is 9.97 Å². The van der Waals surface area contributed by atoms with Crippen molar-refractivity contribution in [1.82, 2.24) is 9.97 Å². The van der Waals surface area contributed by atoms with Gasteiger partial charge in [-0.1, -0.05) is 27.7 Å². The molecule has 0 aliphatic carbocycles. The van der Waals surface area contributed by atoms with Gasteiger partial charge < -0.3 is 4.42 Å². The van der Waals surface area contributed by atoms with Crippen LogP contribution in [0.25, 0.3) is 11.1 Å². The summed E-state index contributed by atoms with van der Waals surface area (Å²) >= 11 is 0. The average molecular weight is 210 g/mol. The number of rotatable bonds is 0. The molecule has 0 fully saturated rings. The molecule has 4 heteroatoms. The first-order chi connectivity index (χ1) is 7.25. The van der Waals surface area contributed by atoms with Gasteiger partial charge in [0.05, 0.1) is 6.20 Å². The molecule has 84 valence electrons. The minimum atomic E-state index is -0.438. The lowest BCUT2D eigenvalue weighted by molar-refractivity contribution is 0.555. The van der Waals surface area contributed by atoms with Crippen molar-refractivity contribution in [1.29, 1.82) is 0 Å². The molecule has 0 aliphatic heterocycles. The highest BCUT2D eigenvalue weighted by atomic mass is 16.4. The van der Waals surface area contributed by atoms with Gasteiger partial charge in [-0.2, -0.15) is 0 Å². The van der Waals surface area contributed by atoms with Gasteiger partial charge in [-0.25, -0.2) is 4.79 Å². The van der Waals surface area contributed by atoms with E-state index in [0.29, 0.717) is 11.1 Å². The summed E-state index contributed by atoms with van der Waals surface area (Å²) in [5, 5.41) is 0. The van der Waals surface area contributed by atoms with E-state index in [1.165, 1.54) is 0 Å². The van der Waals surface area contributed by atoms with Gasteiger partial charge in [-0.05, 0) is 6.92 Å². The molecule has 0 radical (unpaired) electrons. The van der Waals surface area contributed by atoms with E-state index in [-0.39, 0.29) is 0 Å². The van der Waals surface area contributed by atoms with Crippen LogP contribution in [0.1, 0.15) is 33.4 Å². The minimum Gasteiger partial charge on any atom is -0.408 e. The first kappa shape index (κ1) is 13.4. The number of oxazole rings is 1. The van der Waals surface area contributed by atoms with Crippen LogP contribution in [-0.2, 0) is 0 Å². The number of nitrogens with one attached hydrogen (secondary N) is 1. The molecule has 2 rings (SSSR count). The summed E-state index contributed by atoms with van der Waals surface area (Å²) in [6.07, 6.45) is 1.58. The van der Waals surface area contributed by atoms with Crippen molar-refractivity contribution < 1.29 is 4.42 Å². The quantitative estimate of drug-likeness (QED) is 0.727. The van der Waals surface area contributed by atoms with Crippen molar-refractivity contribution >= 4 is 11.1 Å². The van der Waals surface area contributed by atoms with Crippen LogP contribution in [0.2, 0.25) is 0 Å². The highest BCUT2D eigenvalue weighted by Crippen LogP contribution is 2.07. The monoisotopic (exact) mass is 210 g/mol. The van der Waals surface area contributed by atoms with Crippen LogP contribution in [0.5, 0.6) is 0 Å². The van der Waals surface area contributed by atoms with Gasteiger partial charge in [0, 0.05) is 11.8 Å². The summed E-state index contributed by atoms with van der Waals surface area (Å²) in [4.78, 5) is 17.1. The third-order valence-corrected chi connectivity index (χ3v) is 1.44. The molecule has 0 bridgehead atoms. The fraction of sp³-hybridized carbons (Fsp3) is 0.455. The first-order valence-electron chi connectivity index (χ1n) is 5.21. The van der Waals surface area contributed by atoms with Gasteiger partial charge in [0.15, 0.2) is 5.58 Å². The number of aromatic amines is 1. The number of nitrogens with zero attached hydrogens (tertiary/aromatic N) is 1. The zero-order valence-electron chi connectivity index (χ0n) is 9.92. The molecule has 0 amide bonds. The van der Waals surface area contributed by atoms with Crippen molar-refractivity contribution in [2.24, 2.45) is 0 Å². The first-order valence-corrected chi connectivity index (χ1v) is 5.21. The van der Waals surface area contributed by atoms with Crippen LogP contribution in [0, 0.1) is 6.92 Å². The Morgan fingerprint density at radius 1 is 1.27 bits per heavy atom. The lowest BCUT2D eigenvalue weighted by Crippen LogP contribution is -1.92. The van der Waals surface area contributed by atoms with E-state index in [4.69, 9.17) is 4.42 Å². The number of aryl methyl sites for hydroxylation is 1. The number of aromatic nitrogens is 2. The van der Waals surface area contributed by atoms with Crippen molar-refractivity contribution in [2.75, 3.05) is 0 Å². The largest absolute Gasteiger partial charge is 0.417 e. The summed E-state index contributed by atoms with van der Waals surface area (Å²) in [6.45, 7) is 9.84. The summed E-state index contributed by atoms with van der Waals surface area (Å²) in [7, 11) is 0. The second-order valence-corrected chi connectivity index (χ2v) is 2.34. The Morgan fingerprint density at radius 3 is 2.47 bits per heavy atom. The van der Waals surface area contributed by atoms with E-state index in [1.807, 2.05) is 34.6 Å². The Balaban J connectivity index is 0.000000442. The van der Waals surface area contributed by atoms with E-state index in [9.17, 15) is 4.79 Å². The van der Waals surface area contributed by atoms with E-state index >= 15 is 0 Å². The molecule has 0 spiro atoms. The Bertz CT molecular complexity index is 443. The molecule has 0 unspecified atom stereocenters. The molecule has 1 N–H and O–H groups in total. The van der Waals surface area contributed by atoms with Crippen molar-refractivity contribution in [3.63, 3.8) is 0 Å². The second-order valence-electron chi connectivity index (χ2n) is 2.34. The maximum absolute atomic E-state index is 10.7. The fourth-order valence-corrected chi connectivity index (χ4v) is 0.948. The molecule has 0 atom stereocenters. The number of fused-ring (bicyclic) bond motifs is 1. The van der Waals surface area contributed by atoms with Gasteiger partial charge in [0.25, 0.3) is 0 Å². The van der Waals surface area contributed by atoms with Crippen LogP contribution in [-0.4, -0.2) is 9.97 Å². The number of pyridine rings is 1. The highest BCUT2D eigenvalue weighted by molar-refractivity contribution is 5.70. The molecule has 2 aromatic heterocycles. The normalized spacial score (nSPS) is 8.60. The average Bonchev–Trinajstić information content (AvgIpc) is 2.63. The van der Waals surface area contributed by atoms with E-state index < -0.39 is 5.76 Å². The summed E-state index contributed by atoms with van der Waals surface area (Å²) in [5.41, 5.74) is 2.03. The van der Waals surface area contributed by atoms with E-state index in [0.717, 1.165) is 5.69 Å². The second kappa shape index (κ2) is 6.81. The maximum atomic E-state index is 10.7. The molecule has 0 saturated heterocycles. The molecule has 0 aromatic carbocycles. The van der Waals surface area contributed by atoms with Crippen molar-refractivity contribution in [2.45, 2.75) is 34.6 Å². The Morgan fingerprint density at radius 2 is 1.87 bits per heavy atom. The van der Waals surface area contributed by atoms with Crippen molar-refractivity contribution in [3.8, 4) is 0 Å². The Labute approximate surface area is 89.3 Å². The molecular formula is C11H18N2O2. The van der Waals surface area contributed by atoms with Crippen LogP contribution in [0.4, 0.5) is 0 Å². The van der Waals surface area contributed by atoms with Crippen LogP contribution >= 0.6 is 0 Å². The van der Waals surface area contributed by atoms with Gasteiger partial charge in [-0.15, -0.1) is 0 Å². The molecular weight excluding hydrogens is 192 g/mol. The zero-order chi connectivity index (χ0) is 11.8. The van der Waals surface area contributed by atoms with E-state index in [2.05, 4.69) is 9.97 Å². The predicted molar refractivity (Wildman–Crippen MR) is 62.1 cm³/mol. The standard InChI is InChI=1S/C7H6N2O2.2C2H6/c1-4-2-6-5(3-8-4)9-7(10)11-6;2*1-2/h2-3H,1H3,(H,9,10);2*1-2H3. The summed E-state index contributed by atoms with van der Waals surface area (Å²) in [5.74, 6) is -0.438. The SMILES string of the molecule is CC.CC.Cc1cc2oc(=O)[nH]c2cn1. The molecule has 2 heterocycles. The smallest absolute Gasteiger partial charge is 0.408 e. The fourth-order valence-electron chi connectivity index (χ4n) is 0.948. The van der Waals surface area contributed by atoms with Crippen LogP contribution in [0.3, 0.4) is 0 Å². The molecule has 4 nitrogen and oxygen atoms in total. The third kappa shape index (κ3) is 3.58. The topological polar surface area (TPSA) is 58.9 Å².